The molecular formula is C16H19N3O2S. The second-order valence-electron chi connectivity index (χ2n) is 5.23. The van der Waals surface area contributed by atoms with Crippen LogP contribution in [0, 0.1) is 6.92 Å². The number of hydrogen-bond donors (Lipinski definition) is 2. The Morgan fingerprint density at radius 2 is 2.14 bits per heavy atom. The highest BCUT2D eigenvalue weighted by atomic mass is 32.2. The molecule has 0 saturated heterocycles. The number of H-pyrrole nitrogens is 1. The lowest BCUT2D eigenvalue weighted by atomic mass is 10.0. The quantitative estimate of drug-likeness (QED) is 0.911. The van der Waals surface area contributed by atoms with Crippen molar-refractivity contribution in [3.05, 3.63) is 41.1 Å². The number of nitrogens with zero attached hydrogens (tertiary/aromatic N) is 1. The molecule has 22 heavy (non-hydrogen) atoms. The first-order valence-corrected chi connectivity index (χ1v) is 8.29. The summed E-state index contributed by atoms with van der Waals surface area (Å²) in [6.45, 7) is 6.48. The summed E-state index contributed by atoms with van der Waals surface area (Å²) < 4.78 is 5.78. The molecule has 0 aliphatic carbocycles. The molecule has 2 aromatic rings. The van der Waals surface area contributed by atoms with Crippen LogP contribution in [0.4, 0.5) is 5.82 Å². The van der Waals surface area contributed by atoms with Crippen molar-refractivity contribution >= 4 is 23.5 Å². The Morgan fingerprint density at radius 1 is 1.36 bits per heavy atom. The van der Waals surface area contributed by atoms with Gasteiger partial charge < -0.3 is 10.1 Å². The van der Waals surface area contributed by atoms with E-state index in [1.165, 1.54) is 0 Å². The van der Waals surface area contributed by atoms with Crippen molar-refractivity contribution in [3.8, 4) is 5.75 Å². The van der Waals surface area contributed by atoms with Crippen LogP contribution >= 0.6 is 11.8 Å². The fourth-order valence-corrected chi connectivity index (χ4v) is 3.98. The van der Waals surface area contributed by atoms with Crippen molar-refractivity contribution in [1.82, 2.24) is 10.2 Å². The molecule has 0 fully saturated rings. The molecule has 1 aliphatic heterocycles. The highest BCUT2D eigenvalue weighted by Gasteiger charge is 2.33. The van der Waals surface area contributed by atoms with E-state index in [2.05, 4.69) is 21.6 Å². The number of aromatic nitrogens is 2. The number of ether oxygens (including phenoxy) is 1. The van der Waals surface area contributed by atoms with Crippen molar-refractivity contribution in [2.75, 3.05) is 11.9 Å². The fraction of sp³-hybridized carbons (Fsp3) is 0.375. The Kier molecular flexibility index (Phi) is 4.11. The van der Waals surface area contributed by atoms with Crippen molar-refractivity contribution in [2.45, 2.75) is 31.3 Å². The Bertz CT molecular complexity index is 698. The number of aromatic amines is 1. The number of thioether (sulfide) groups is 1. The van der Waals surface area contributed by atoms with E-state index in [1.54, 1.807) is 11.8 Å². The third-order valence-corrected chi connectivity index (χ3v) is 5.09. The third kappa shape index (κ3) is 2.59. The maximum atomic E-state index is 12.2. The number of nitrogens with one attached hydrogen (secondary N) is 2. The number of fused-ring (bicyclic) bond motifs is 1. The van der Waals surface area contributed by atoms with Crippen molar-refractivity contribution in [3.63, 3.8) is 0 Å². The molecule has 1 amide bonds. The molecule has 3 rings (SSSR count). The van der Waals surface area contributed by atoms with Gasteiger partial charge in [-0.25, -0.2) is 0 Å². The molecule has 2 atom stereocenters. The van der Waals surface area contributed by atoms with Gasteiger partial charge in [0.1, 0.15) is 5.75 Å². The maximum absolute atomic E-state index is 12.2. The highest BCUT2D eigenvalue weighted by Crippen LogP contribution is 2.47. The average Bonchev–Trinajstić information content (AvgIpc) is 2.80. The molecule has 2 N–H and O–H groups in total. The summed E-state index contributed by atoms with van der Waals surface area (Å²) in [5, 5.41) is 9.96. The summed E-state index contributed by atoms with van der Waals surface area (Å²) >= 11 is 1.62. The number of hydrogen-bond acceptors (Lipinski definition) is 4. The average molecular weight is 317 g/mol. The summed E-state index contributed by atoms with van der Waals surface area (Å²) in [6, 6.07) is 7.99. The smallest absolute Gasteiger partial charge is 0.238 e. The van der Waals surface area contributed by atoms with Crippen molar-refractivity contribution in [1.29, 1.82) is 0 Å². The molecule has 0 bridgehead atoms. The minimum atomic E-state index is -0.159. The molecule has 1 aromatic heterocycles. The van der Waals surface area contributed by atoms with Crippen molar-refractivity contribution < 1.29 is 9.53 Å². The molecule has 116 valence electrons. The molecule has 0 unspecified atom stereocenters. The zero-order valence-corrected chi connectivity index (χ0v) is 13.7. The van der Waals surface area contributed by atoms with E-state index in [-0.39, 0.29) is 16.4 Å². The predicted molar refractivity (Wildman–Crippen MR) is 88.5 cm³/mol. The Balaban J connectivity index is 2.12. The summed E-state index contributed by atoms with van der Waals surface area (Å²) in [4.78, 5) is 12.2. The van der Waals surface area contributed by atoms with Crippen LogP contribution in [0.3, 0.4) is 0 Å². The first-order valence-electron chi connectivity index (χ1n) is 7.34. The predicted octanol–water partition coefficient (Wildman–Crippen LogP) is 3.28. The number of anilines is 1. The third-order valence-electron chi connectivity index (χ3n) is 3.71. The first kappa shape index (κ1) is 15.0. The molecule has 1 aromatic carbocycles. The Morgan fingerprint density at radius 3 is 2.91 bits per heavy atom. The van der Waals surface area contributed by atoms with Crippen LogP contribution in [0.2, 0.25) is 0 Å². The Labute approximate surface area is 133 Å². The molecule has 5 nitrogen and oxygen atoms in total. The van der Waals surface area contributed by atoms with Gasteiger partial charge >= 0.3 is 0 Å². The van der Waals surface area contributed by atoms with Crippen LogP contribution in [0.1, 0.15) is 35.9 Å². The number of benzene rings is 1. The van der Waals surface area contributed by atoms with Gasteiger partial charge in [0, 0.05) is 16.8 Å². The van der Waals surface area contributed by atoms with Gasteiger partial charge in [0.05, 0.1) is 17.1 Å². The standard InChI is InChI=1S/C16H19N3O2S/c1-4-21-12-8-6-5-7-11(12)14-13-9(2)18-19-15(13)17-16(20)10(3)22-14/h5-8,10,14H,4H2,1-3H3,(H2,17,18,19,20)/t10-,14-/m1/s1. The number of aryl methyl sites for hydroxylation is 1. The van der Waals surface area contributed by atoms with E-state index < -0.39 is 0 Å². The summed E-state index contributed by atoms with van der Waals surface area (Å²) in [5.41, 5.74) is 3.06. The van der Waals surface area contributed by atoms with E-state index in [0.29, 0.717) is 12.4 Å². The first-order chi connectivity index (χ1) is 10.6. The molecule has 6 heteroatoms. The second-order valence-corrected chi connectivity index (χ2v) is 6.68. The number of para-hydroxylation sites is 1. The van der Waals surface area contributed by atoms with Gasteiger partial charge in [-0.15, -0.1) is 11.8 Å². The summed E-state index contributed by atoms with van der Waals surface area (Å²) in [5.74, 6) is 1.46. The number of rotatable bonds is 3. The molecule has 0 radical (unpaired) electrons. The van der Waals surface area contributed by atoms with Gasteiger partial charge in [-0.3, -0.25) is 9.89 Å². The topological polar surface area (TPSA) is 67.0 Å². The van der Waals surface area contributed by atoms with Crippen LogP contribution < -0.4 is 10.1 Å². The molecule has 1 aliphatic rings. The normalized spacial score (nSPS) is 21.0. The van der Waals surface area contributed by atoms with E-state index in [9.17, 15) is 4.79 Å². The summed E-state index contributed by atoms with van der Waals surface area (Å²) in [6.07, 6.45) is 0. The van der Waals surface area contributed by atoms with Gasteiger partial charge in [0.15, 0.2) is 5.82 Å². The number of amides is 1. The van der Waals surface area contributed by atoms with Gasteiger partial charge in [0.2, 0.25) is 5.91 Å². The minimum absolute atomic E-state index is 0.00505. The van der Waals surface area contributed by atoms with Gasteiger partial charge in [0.25, 0.3) is 0 Å². The van der Waals surface area contributed by atoms with Gasteiger partial charge in [-0.05, 0) is 26.8 Å². The lowest BCUT2D eigenvalue weighted by molar-refractivity contribution is -0.115. The largest absolute Gasteiger partial charge is 0.494 e. The molecule has 0 spiro atoms. The highest BCUT2D eigenvalue weighted by molar-refractivity contribution is 8.01. The lowest BCUT2D eigenvalue weighted by Gasteiger charge is -2.20. The Hall–Kier alpha value is -1.95. The van der Waals surface area contributed by atoms with Crippen molar-refractivity contribution in [2.24, 2.45) is 0 Å². The molecule has 0 saturated carbocycles. The van der Waals surface area contributed by atoms with E-state index in [0.717, 1.165) is 22.6 Å². The zero-order chi connectivity index (χ0) is 15.7. The van der Waals surface area contributed by atoms with E-state index in [4.69, 9.17) is 4.74 Å². The minimum Gasteiger partial charge on any atom is -0.494 e. The SMILES string of the molecule is CCOc1ccccc1[C@H]1S[C@H](C)C(=O)Nc2n[nH]c(C)c21. The second kappa shape index (κ2) is 6.04. The van der Waals surface area contributed by atoms with Gasteiger partial charge in [-0.2, -0.15) is 5.10 Å². The van der Waals surface area contributed by atoms with Crippen LogP contribution in [0.25, 0.3) is 0 Å². The monoisotopic (exact) mass is 317 g/mol. The fourth-order valence-electron chi connectivity index (χ4n) is 2.62. The lowest BCUT2D eigenvalue weighted by Crippen LogP contribution is -2.21. The zero-order valence-electron chi connectivity index (χ0n) is 12.8. The number of carbonyl (C=O) groups is 1. The summed E-state index contributed by atoms with van der Waals surface area (Å²) in [7, 11) is 0. The van der Waals surface area contributed by atoms with Crippen LogP contribution in [-0.4, -0.2) is 28.0 Å². The van der Waals surface area contributed by atoms with Gasteiger partial charge in [-0.1, -0.05) is 18.2 Å². The van der Waals surface area contributed by atoms with E-state index in [1.807, 2.05) is 39.0 Å². The molecule has 2 heterocycles. The van der Waals surface area contributed by atoms with Crippen LogP contribution in [0.15, 0.2) is 24.3 Å². The van der Waals surface area contributed by atoms with Crippen LogP contribution in [0.5, 0.6) is 5.75 Å². The number of carbonyl (C=O) groups excluding carboxylic acids is 1. The maximum Gasteiger partial charge on any atom is 0.238 e. The molecular weight excluding hydrogens is 298 g/mol. The van der Waals surface area contributed by atoms with E-state index >= 15 is 0 Å². The van der Waals surface area contributed by atoms with Crippen LogP contribution in [-0.2, 0) is 4.79 Å².